The summed E-state index contributed by atoms with van der Waals surface area (Å²) in [4.78, 5) is 14.1. The van der Waals surface area contributed by atoms with Crippen LogP contribution in [-0.4, -0.2) is 5.78 Å². The number of para-hydroxylation sites is 1. The van der Waals surface area contributed by atoms with Gasteiger partial charge in [0.25, 0.3) is 0 Å². The maximum atomic E-state index is 12.3. The van der Waals surface area contributed by atoms with Gasteiger partial charge in [0.1, 0.15) is 0 Å². The molecule has 0 saturated carbocycles. The highest BCUT2D eigenvalue weighted by atomic mass is 32.2. The first kappa shape index (κ1) is 12.1. The van der Waals surface area contributed by atoms with Crippen LogP contribution in [-0.2, 0) is 0 Å². The molecular formula is C16H13NOS. The standard InChI is InChI=1S/C16H13NOS/c1-10-6-7-14-12(8-10)16(18)15(19-14)9-11-4-2-3-5-13(11)17/h2-9H,17H2,1H3. The number of allylic oxidation sites excluding steroid dienone is 1. The summed E-state index contributed by atoms with van der Waals surface area (Å²) < 4.78 is 0. The number of thioether (sulfide) groups is 1. The van der Waals surface area contributed by atoms with Crippen LogP contribution in [0.4, 0.5) is 5.69 Å². The molecule has 2 N–H and O–H groups in total. The first-order chi connectivity index (χ1) is 9.15. The molecule has 94 valence electrons. The Morgan fingerprint density at radius 1 is 1.16 bits per heavy atom. The average molecular weight is 267 g/mol. The molecule has 1 heterocycles. The van der Waals surface area contributed by atoms with Crippen LogP contribution in [0.15, 0.2) is 52.3 Å². The third-order valence-corrected chi connectivity index (χ3v) is 4.21. The summed E-state index contributed by atoms with van der Waals surface area (Å²) in [7, 11) is 0. The highest BCUT2D eigenvalue weighted by Crippen LogP contribution is 2.41. The van der Waals surface area contributed by atoms with E-state index in [2.05, 4.69) is 0 Å². The van der Waals surface area contributed by atoms with Crippen molar-refractivity contribution in [2.24, 2.45) is 0 Å². The fourth-order valence-electron chi connectivity index (χ4n) is 2.09. The molecule has 3 rings (SSSR count). The molecule has 0 unspecified atom stereocenters. The van der Waals surface area contributed by atoms with Gasteiger partial charge in [-0.25, -0.2) is 0 Å². The minimum absolute atomic E-state index is 0.0898. The lowest BCUT2D eigenvalue weighted by atomic mass is 10.1. The lowest BCUT2D eigenvalue weighted by Gasteiger charge is -2.00. The topological polar surface area (TPSA) is 43.1 Å². The number of Topliss-reactive ketones (excluding diaryl/α,β-unsaturated/α-hetero) is 1. The summed E-state index contributed by atoms with van der Waals surface area (Å²) in [5.41, 5.74) is 9.39. The van der Waals surface area contributed by atoms with E-state index in [1.165, 1.54) is 11.8 Å². The second-order valence-corrected chi connectivity index (χ2v) is 5.65. The molecular weight excluding hydrogens is 254 g/mol. The number of carbonyl (C=O) groups excluding carboxylic acids is 1. The zero-order chi connectivity index (χ0) is 13.4. The number of fused-ring (bicyclic) bond motifs is 1. The van der Waals surface area contributed by atoms with E-state index in [4.69, 9.17) is 5.73 Å². The van der Waals surface area contributed by atoms with E-state index in [-0.39, 0.29) is 5.78 Å². The fourth-order valence-corrected chi connectivity index (χ4v) is 3.11. The van der Waals surface area contributed by atoms with E-state index >= 15 is 0 Å². The third kappa shape index (κ3) is 2.17. The van der Waals surface area contributed by atoms with E-state index in [0.717, 1.165) is 26.5 Å². The molecule has 2 aromatic carbocycles. The van der Waals surface area contributed by atoms with Gasteiger partial charge in [-0.1, -0.05) is 41.6 Å². The summed E-state index contributed by atoms with van der Waals surface area (Å²) >= 11 is 1.51. The Morgan fingerprint density at radius 3 is 2.74 bits per heavy atom. The Morgan fingerprint density at radius 2 is 1.95 bits per heavy atom. The van der Waals surface area contributed by atoms with E-state index in [0.29, 0.717) is 5.69 Å². The largest absolute Gasteiger partial charge is 0.398 e. The Bertz CT molecular complexity index is 704. The number of nitrogen functional groups attached to an aromatic ring is 1. The molecule has 0 amide bonds. The van der Waals surface area contributed by atoms with Gasteiger partial charge >= 0.3 is 0 Å². The van der Waals surface area contributed by atoms with Crippen molar-refractivity contribution in [3.05, 3.63) is 64.1 Å². The third-order valence-electron chi connectivity index (χ3n) is 3.11. The van der Waals surface area contributed by atoms with Crippen LogP contribution in [0, 0.1) is 6.92 Å². The molecule has 0 aliphatic carbocycles. The molecule has 2 nitrogen and oxygen atoms in total. The molecule has 1 aliphatic heterocycles. The quantitative estimate of drug-likeness (QED) is 0.629. The zero-order valence-corrected chi connectivity index (χ0v) is 11.3. The van der Waals surface area contributed by atoms with Crippen LogP contribution in [0.2, 0.25) is 0 Å². The molecule has 19 heavy (non-hydrogen) atoms. The second kappa shape index (κ2) is 4.59. The van der Waals surface area contributed by atoms with Gasteiger partial charge in [-0.3, -0.25) is 4.79 Å². The van der Waals surface area contributed by atoms with Gasteiger partial charge in [0.2, 0.25) is 5.78 Å². The van der Waals surface area contributed by atoms with Crippen LogP contribution in [0.25, 0.3) is 6.08 Å². The first-order valence-electron chi connectivity index (χ1n) is 6.04. The van der Waals surface area contributed by atoms with Crippen molar-refractivity contribution in [1.29, 1.82) is 0 Å². The maximum absolute atomic E-state index is 12.3. The molecule has 0 spiro atoms. The van der Waals surface area contributed by atoms with Gasteiger partial charge in [0, 0.05) is 16.1 Å². The molecule has 0 fully saturated rings. The Hall–Kier alpha value is -2.00. The smallest absolute Gasteiger partial charge is 0.200 e. The minimum atomic E-state index is 0.0898. The van der Waals surface area contributed by atoms with Crippen LogP contribution < -0.4 is 5.73 Å². The van der Waals surface area contributed by atoms with Gasteiger partial charge in [-0.2, -0.15) is 0 Å². The number of rotatable bonds is 1. The van der Waals surface area contributed by atoms with Crippen molar-refractivity contribution in [2.45, 2.75) is 11.8 Å². The van der Waals surface area contributed by atoms with Crippen LogP contribution in [0.3, 0.4) is 0 Å². The fraction of sp³-hybridized carbons (Fsp3) is 0.0625. The summed E-state index contributed by atoms with van der Waals surface area (Å²) in [6.45, 7) is 2.00. The average Bonchev–Trinajstić information content (AvgIpc) is 2.70. The van der Waals surface area contributed by atoms with Crippen LogP contribution in [0.5, 0.6) is 0 Å². The maximum Gasteiger partial charge on any atom is 0.200 e. The molecule has 0 atom stereocenters. The van der Waals surface area contributed by atoms with E-state index < -0.39 is 0 Å². The highest BCUT2D eigenvalue weighted by Gasteiger charge is 2.25. The number of aryl methyl sites for hydroxylation is 1. The second-order valence-electron chi connectivity index (χ2n) is 4.57. The highest BCUT2D eigenvalue weighted by molar-refractivity contribution is 8.04. The number of anilines is 1. The Balaban J connectivity index is 2.03. The molecule has 2 aromatic rings. The van der Waals surface area contributed by atoms with Crippen LogP contribution in [0.1, 0.15) is 21.5 Å². The summed E-state index contributed by atoms with van der Waals surface area (Å²) in [6, 6.07) is 13.5. The van der Waals surface area contributed by atoms with Crippen molar-refractivity contribution in [1.82, 2.24) is 0 Å². The van der Waals surface area contributed by atoms with Crippen molar-refractivity contribution >= 4 is 29.3 Å². The van der Waals surface area contributed by atoms with Gasteiger partial charge in [-0.05, 0) is 36.8 Å². The van der Waals surface area contributed by atoms with E-state index in [9.17, 15) is 4.79 Å². The van der Waals surface area contributed by atoms with Gasteiger partial charge < -0.3 is 5.73 Å². The van der Waals surface area contributed by atoms with Crippen molar-refractivity contribution in [3.63, 3.8) is 0 Å². The molecule has 0 bridgehead atoms. The number of benzene rings is 2. The SMILES string of the molecule is Cc1ccc2c(c1)C(=O)C(=Cc1ccccc1N)S2. The number of ketones is 1. The first-order valence-corrected chi connectivity index (χ1v) is 6.86. The number of hydrogen-bond acceptors (Lipinski definition) is 3. The van der Waals surface area contributed by atoms with Crippen molar-refractivity contribution in [2.75, 3.05) is 5.73 Å². The lowest BCUT2D eigenvalue weighted by molar-refractivity contribution is 0.104. The van der Waals surface area contributed by atoms with Crippen molar-refractivity contribution in [3.8, 4) is 0 Å². The van der Waals surface area contributed by atoms with Gasteiger partial charge in [0.15, 0.2) is 0 Å². The summed E-state index contributed by atoms with van der Waals surface area (Å²) in [6.07, 6.45) is 1.87. The number of nitrogens with two attached hydrogens (primary N) is 1. The number of carbonyl (C=O) groups is 1. The number of hydrogen-bond donors (Lipinski definition) is 1. The summed E-state index contributed by atoms with van der Waals surface area (Å²) in [5.74, 6) is 0.0898. The zero-order valence-electron chi connectivity index (χ0n) is 10.5. The predicted octanol–water partition coefficient (Wildman–Crippen LogP) is 3.91. The van der Waals surface area contributed by atoms with E-state index in [1.807, 2.05) is 55.5 Å². The lowest BCUT2D eigenvalue weighted by Crippen LogP contribution is -1.95. The molecule has 0 saturated heterocycles. The molecule has 0 aromatic heterocycles. The minimum Gasteiger partial charge on any atom is -0.398 e. The monoisotopic (exact) mass is 267 g/mol. The van der Waals surface area contributed by atoms with Crippen LogP contribution >= 0.6 is 11.8 Å². The molecule has 1 aliphatic rings. The Kier molecular flexibility index (Phi) is 2.91. The normalized spacial score (nSPS) is 15.8. The summed E-state index contributed by atoms with van der Waals surface area (Å²) in [5, 5.41) is 0. The van der Waals surface area contributed by atoms with Crippen molar-refractivity contribution < 1.29 is 4.79 Å². The van der Waals surface area contributed by atoms with E-state index in [1.54, 1.807) is 0 Å². The Labute approximate surface area is 116 Å². The molecule has 0 radical (unpaired) electrons. The van der Waals surface area contributed by atoms with Gasteiger partial charge in [0.05, 0.1) is 4.91 Å². The predicted molar refractivity (Wildman–Crippen MR) is 80.2 cm³/mol. The van der Waals surface area contributed by atoms with Gasteiger partial charge in [-0.15, -0.1) is 0 Å². The molecule has 3 heteroatoms.